The number of hydrogen-bond donors (Lipinski definition) is 3. The van der Waals surface area contributed by atoms with E-state index in [1.54, 1.807) is 18.0 Å². The second-order valence-electron chi connectivity index (χ2n) is 5.72. The van der Waals surface area contributed by atoms with Gasteiger partial charge in [0.2, 0.25) is 0 Å². The number of hydrogen-bond acceptors (Lipinski definition) is 5. The number of nitrogens with two attached hydrogens (primary N) is 1. The number of aromatic amines is 1. The summed E-state index contributed by atoms with van der Waals surface area (Å²) in [5, 5.41) is 15.7. The molecule has 0 saturated heterocycles. The number of nitrogens with one attached hydrogen (secondary N) is 2. The smallest absolute Gasteiger partial charge is 0.144 e. The average Bonchev–Trinajstić information content (AvgIpc) is 3.28. The van der Waals surface area contributed by atoms with Crippen LogP contribution >= 0.6 is 0 Å². The quantitative estimate of drug-likeness (QED) is 0.488. The molecule has 7 nitrogen and oxygen atoms in total. The van der Waals surface area contributed by atoms with Crippen molar-refractivity contribution < 1.29 is 4.74 Å². The second kappa shape index (κ2) is 6.20. The van der Waals surface area contributed by atoms with Gasteiger partial charge in [0, 0.05) is 23.7 Å². The number of ether oxygens (including phenoxy) is 1. The Labute approximate surface area is 144 Å². The Balaban J connectivity index is 1.54. The van der Waals surface area contributed by atoms with Gasteiger partial charge in [-0.3, -0.25) is 5.10 Å². The Morgan fingerprint density at radius 3 is 3.00 bits per heavy atom. The van der Waals surface area contributed by atoms with Gasteiger partial charge in [-0.2, -0.15) is 10.2 Å². The first kappa shape index (κ1) is 15.1. The molecule has 4 N–H and O–H groups in total. The fourth-order valence-electron chi connectivity index (χ4n) is 2.76. The summed E-state index contributed by atoms with van der Waals surface area (Å²) in [6.07, 6.45) is 5.55. The maximum Gasteiger partial charge on any atom is 0.144 e. The molecule has 0 amide bonds. The molecule has 4 aromatic rings. The molecule has 2 heterocycles. The van der Waals surface area contributed by atoms with E-state index in [-0.39, 0.29) is 0 Å². The van der Waals surface area contributed by atoms with Gasteiger partial charge < -0.3 is 15.8 Å². The standard InChI is InChI=1S/C18H18N6O/c1-25-18-5-3-2-4-17(18)24-11-12(9-22-24)8-20-16-7-15-13(6-14(16)19)10-21-23-15/h2-7,9-11,20H,8,19H2,1H3,(H,21,23). The van der Waals surface area contributed by atoms with Crippen LogP contribution in [-0.2, 0) is 6.54 Å². The van der Waals surface area contributed by atoms with Crippen LogP contribution in [0.25, 0.3) is 16.6 Å². The molecule has 0 atom stereocenters. The zero-order valence-corrected chi connectivity index (χ0v) is 13.7. The van der Waals surface area contributed by atoms with Crippen LogP contribution in [0.3, 0.4) is 0 Å². The average molecular weight is 334 g/mol. The predicted molar refractivity (Wildman–Crippen MR) is 97.9 cm³/mol. The number of benzene rings is 2. The van der Waals surface area contributed by atoms with Crippen molar-refractivity contribution in [2.45, 2.75) is 6.54 Å². The molecule has 25 heavy (non-hydrogen) atoms. The van der Waals surface area contributed by atoms with Gasteiger partial charge in [0.25, 0.3) is 0 Å². The first-order chi connectivity index (χ1) is 12.2. The van der Waals surface area contributed by atoms with Crippen molar-refractivity contribution in [1.29, 1.82) is 0 Å². The van der Waals surface area contributed by atoms with Crippen LogP contribution in [0.4, 0.5) is 11.4 Å². The lowest BCUT2D eigenvalue weighted by molar-refractivity contribution is 0.411. The van der Waals surface area contributed by atoms with Gasteiger partial charge in [-0.15, -0.1) is 0 Å². The van der Waals surface area contributed by atoms with E-state index < -0.39 is 0 Å². The molecule has 0 radical (unpaired) electrons. The third-order valence-corrected chi connectivity index (χ3v) is 4.06. The third-order valence-electron chi connectivity index (χ3n) is 4.06. The van der Waals surface area contributed by atoms with Gasteiger partial charge in [0.15, 0.2) is 0 Å². The minimum atomic E-state index is 0.610. The second-order valence-corrected chi connectivity index (χ2v) is 5.72. The number of para-hydroxylation sites is 2. The summed E-state index contributed by atoms with van der Waals surface area (Å²) < 4.78 is 7.19. The fraction of sp³-hybridized carbons (Fsp3) is 0.111. The van der Waals surface area contributed by atoms with E-state index in [9.17, 15) is 0 Å². The van der Waals surface area contributed by atoms with E-state index in [0.29, 0.717) is 12.2 Å². The topological polar surface area (TPSA) is 93.8 Å². The van der Waals surface area contributed by atoms with E-state index in [4.69, 9.17) is 10.5 Å². The van der Waals surface area contributed by atoms with Crippen LogP contribution in [0.15, 0.2) is 55.0 Å². The maximum absolute atomic E-state index is 6.10. The fourth-order valence-corrected chi connectivity index (χ4v) is 2.76. The SMILES string of the molecule is COc1ccccc1-n1cc(CNc2cc3[nH]ncc3cc2N)cn1. The Morgan fingerprint density at radius 1 is 1.24 bits per heavy atom. The molecule has 0 aliphatic carbocycles. The molecule has 0 fully saturated rings. The van der Waals surface area contributed by atoms with Crippen molar-refractivity contribution in [3.63, 3.8) is 0 Å². The summed E-state index contributed by atoms with van der Waals surface area (Å²) in [5.41, 5.74) is 10.5. The van der Waals surface area contributed by atoms with Crippen LogP contribution in [0.5, 0.6) is 5.75 Å². The number of aromatic nitrogens is 4. The summed E-state index contributed by atoms with van der Waals surface area (Å²) in [6.45, 7) is 0.610. The summed E-state index contributed by atoms with van der Waals surface area (Å²) in [7, 11) is 1.65. The largest absolute Gasteiger partial charge is 0.494 e. The van der Waals surface area contributed by atoms with E-state index in [0.717, 1.165) is 33.6 Å². The van der Waals surface area contributed by atoms with Crippen LogP contribution in [0.2, 0.25) is 0 Å². The highest BCUT2D eigenvalue weighted by Gasteiger charge is 2.08. The molecule has 2 aromatic carbocycles. The Bertz CT molecular complexity index is 1020. The zero-order valence-electron chi connectivity index (χ0n) is 13.7. The lowest BCUT2D eigenvalue weighted by Crippen LogP contribution is -2.02. The molecule has 2 aromatic heterocycles. The van der Waals surface area contributed by atoms with Gasteiger partial charge >= 0.3 is 0 Å². The number of nitrogens with zero attached hydrogens (tertiary/aromatic N) is 3. The molecule has 0 saturated carbocycles. The maximum atomic E-state index is 6.10. The van der Waals surface area contributed by atoms with Gasteiger partial charge in [0.05, 0.1) is 36.4 Å². The van der Waals surface area contributed by atoms with Crippen LogP contribution in [-0.4, -0.2) is 27.1 Å². The molecule has 126 valence electrons. The number of nitrogen functional groups attached to an aromatic ring is 1. The molecular formula is C18H18N6O. The first-order valence-corrected chi connectivity index (χ1v) is 7.88. The van der Waals surface area contributed by atoms with E-state index >= 15 is 0 Å². The number of H-pyrrole nitrogens is 1. The van der Waals surface area contributed by atoms with E-state index in [1.807, 2.05) is 48.8 Å². The summed E-state index contributed by atoms with van der Waals surface area (Å²) in [5.74, 6) is 0.777. The van der Waals surface area contributed by atoms with Crippen molar-refractivity contribution in [3.05, 3.63) is 60.6 Å². The first-order valence-electron chi connectivity index (χ1n) is 7.88. The molecular weight excluding hydrogens is 316 g/mol. The van der Waals surface area contributed by atoms with Crippen molar-refractivity contribution >= 4 is 22.3 Å². The summed E-state index contributed by atoms with van der Waals surface area (Å²) >= 11 is 0. The summed E-state index contributed by atoms with van der Waals surface area (Å²) in [4.78, 5) is 0. The van der Waals surface area contributed by atoms with Crippen molar-refractivity contribution in [3.8, 4) is 11.4 Å². The minimum absolute atomic E-state index is 0.610. The van der Waals surface area contributed by atoms with Gasteiger partial charge in [-0.1, -0.05) is 12.1 Å². The molecule has 0 spiro atoms. The van der Waals surface area contributed by atoms with E-state index in [1.165, 1.54) is 0 Å². The minimum Gasteiger partial charge on any atom is -0.494 e. The molecule has 4 rings (SSSR count). The van der Waals surface area contributed by atoms with E-state index in [2.05, 4.69) is 20.6 Å². The number of fused-ring (bicyclic) bond motifs is 1. The molecule has 7 heteroatoms. The highest BCUT2D eigenvalue weighted by Crippen LogP contribution is 2.25. The Morgan fingerprint density at radius 2 is 2.12 bits per heavy atom. The van der Waals surface area contributed by atoms with Crippen LogP contribution < -0.4 is 15.8 Å². The molecule has 0 aliphatic heterocycles. The predicted octanol–water partition coefficient (Wildman–Crippen LogP) is 2.95. The molecule has 0 aliphatic rings. The van der Waals surface area contributed by atoms with Crippen molar-refractivity contribution in [1.82, 2.24) is 20.0 Å². The zero-order chi connectivity index (χ0) is 17.2. The highest BCUT2D eigenvalue weighted by molar-refractivity contribution is 5.88. The third kappa shape index (κ3) is 2.87. The lowest BCUT2D eigenvalue weighted by Gasteiger charge is -2.09. The van der Waals surface area contributed by atoms with Crippen LogP contribution in [0, 0.1) is 0 Å². The Kier molecular flexibility index (Phi) is 3.74. The highest BCUT2D eigenvalue weighted by atomic mass is 16.5. The molecule has 0 unspecified atom stereocenters. The Hall–Kier alpha value is -3.48. The summed E-state index contributed by atoms with van der Waals surface area (Å²) in [6, 6.07) is 11.6. The number of rotatable bonds is 5. The van der Waals surface area contributed by atoms with Crippen LogP contribution in [0.1, 0.15) is 5.56 Å². The monoisotopic (exact) mass is 334 g/mol. The number of methoxy groups -OCH3 is 1. The van der Waals surface area contributed by atoms with Gasteiger partial charge in [-0.05, 0) is 24.3 Å². The molecule has 0 bridgehead atoms. The van der Waals surface area contributed by atoms with Crippen molar-refractivity contribution in [2.24, 2.45) is 0 Å². The van der Waals surface area contributed by atoms with Crippen molar-refractivity contribution in [2.75, 3.05) is 18.2 Å². The normalized spacial score (nSPS) is 10.9. The number of anilines is 2. The lowest BCUT2D eigenvalue weighted by atomic mass is 10.2. The van der Waals surface area contributed by atoms with Gasteiger partial charge in [0.1, 0.15) is 11.4 Å². The van der Waals surface area contributed by atoms with Gasteiger partial charge in [-0.25, -0.2) is 4.68 Å².